The quantitative estimate of drug-likeness (QED) is 0.617. The van der Waals surface area contributed by atoms with E-state index in [0.29, 0.717) is 13.0 Å². The van der Waals surface area contributed by atoms with Crippen molar-refractivity contribution >= 4 is 6.09 Å². The van der Waals surface area contributed by atoms with Gasteiger partial charge in [-0.2, -0.15) is 0 Å². The minimum atomic E-state index is -0.600. The number of likely N-dealkylation sites (tertiary alicyclic amines) is 1. The summed E-state index contributed by atoms with van der Waals surface area (Å²) >= 11 is 0. The topological polar surface area (TPSA) is 90.5 Å². The molecule has 0 radical (unpaired) electrons. The Bertz CT molecular complexity index is 535. The van der Waals surface area contributed by atoms with Crippen LogP contribution < -0.4 is 0 Å². The molecule has 1 amide bonds. The number of carbonyl (C=O) groups is 1. The van der Waals surface area contributed by atoms with Gasteiger partial charge >= 0.3 is 6.09 Å². The van der Waals surface area contributed by atoms with Crippen molar-refractivity contribution in [3.8, 4) is 0 Å². The van der Waals surface area contributed by atoms with Crippen LogP contribution in [0.2, 0.25) is 0 Å². The average Bonchev–Trinajstić information content (AvgIpc) is 2.85. The van der Waals surface area contributed by atoms with Crippen molar-refractivity contribution in [3.63, 3.8) is 0 Å². The van der Waals surface area contributed by atoms with Gasteiger partial charge < -0.3 is 4.74 Å². The molecule has 0 aromatic carbocycles. The van der Waals surface area contributed by atoms with Crippen LogP contribution in [0, 0.1) is 10.1 Å². The number of rotatable bonds is 2. The molecule has 1 unspecified atom stereocenters. The Morgan fingerprint density at radius 1 is 1.48 bits per heavy atom. The molecule has 2 heterocycles. The number of imidazole rings is 1. The van der Waals surface area contributed by atoms with Crippen molar-refractivity contribution in [3.05, 3.63) is 28.3 Å². The summed E-state index contributed by atoms with van der Waals surface area (Å²) in [5, 5.41) is 10.5. The first-order valence-electron chi connectivity index (χ1n) is 6.97. The van der Waals surface area contributed by atoms with Gasteiger partial charge in [0.2, 0.25) is 0 Å². The fourth-order valence-electron chi connectivity index (χ4n) is 2.42. The highest BCUT2D eigenvalue weighted by Gasteiger charge is 2.35. The summed E-state index contributed by atoms with van der Waals surface area (Å²) in [5.74, 6) is 0.269. The maximum absolute atomic E-state index is 12.3. The first kappa shape index (κ1) is 15.3. The Morgan fingerprint density at radius 2 is 2.19 bits per heavy atom. The van der Waals surface area contributed by atoms with Gasteiger partial charge in [-0.05, 0) is 40.0 Å². The highest BCUT2D eigenvalue weighted by molar-refractivity contribution is 5.68. The van der Waals surface area contributed by atoms with Crippen molar-refractivity contribution in [1.82, 2.24) is 14.6 Å². The number of piperidine rings is 1. The number of hydrogen-bond acceptors (Lipinski definition) is 5. The average molecular weight is 296 g/mol. The van der Waals surface area contributed by atoms with E-state index in [2.05, 4.69) is 4.98 Å². The van der Waals surface area contributed by atoms with Gasteiger partial charge in [0.15, 0.2) is 10.9 Å². The third-order valence-corrected chi connectivity index (χ3v) is 3.25. The molecular weight excluding hydrogens is 276 g/mol. The number of amides is 1. The van der Waals surface area contributed by atoms with Crippen molar-refractivity contribution < 1.29 is 14.6 Å². The van der Waals surface area contributed by atoms with Crippen LogP contribution in [0.15, 0.2) is 12.4 Å². The Morgan fingerprint density at radius 3 is 2.81 bits per heavy atom. The molecule has 8 nitrogen and oxygen atoms in total. The zero-order valence-electron chi connectivity index (χ0n) is 12.5. The van der Waals surface area contributed by atoms with E-state index < -0.39 is 22.8 Å². The van der Waals surface area contributed by atoms with Crippen LogP contribution in [0.25, 0.3) is 0 Å². The van der Waals surface area contributed by atoms with Gasteiger partial charge in [0.25, 0.3) is 0 Å². The second kappa shape index (κ2) is 5.71. The Labute approximate surface area is 122 Å². The van der Waals surface area contributed by atoms with Crippen LogP contribution >= 0.6 is 0 Å². The molecular formula is C13H20N4O4. The summed E-state index contributed by atoms with van der Waals surface area (Å²) in [5.41, 5.74) is -0.600. The molecule has 1 aromatic heterocycles. The Balaban J connectivity index is 2.25. The van der Waals surface area contributed by atoms with Gasteiger partial charge in [-0.3, -0.25) is 4.90 Å². The standard InChI is InChI=1S/C13H20N4O4/c1-13(2,3)21-12(18)15-8-5-4-6-10(15)11-14-7-9-16(11)17(19)20/h7,9-10H,4-6,8H2,1-3H3. The second-order valence-electron chi connectivity index (χ2n) is 6.05. The van der Waals surface area contributed by atoms with E-state index in [0.717, 1.165) is 17.5 Å². The molecule has 1 atom stereocenters. The minimum absolute atomic E-state index is 0.269. The predicted octanol–water partition coefficient (Wildman–Crippen LogP) is 2.39. The highest BCUT2D eigenvalue weighted by atomic mass is 16.7. The van der Waals surface area contributed by atoms with Crippen molar-refractivity contribution in [2.45, 2.75) is 51.7 Å². The van der Waals surface area contributed by atoms with E-state index in [1.165, 1.54) is 17.3 Å². The van der Waals surface area contributed by atoms with E-state index in [1.807, 2.05) is 0 Å². The summed E-state index contributed by atoms with van der Waals surface area (Å²) in [7, 11) is 0. The molecule has 0 spiro atoms. The molecule has 1 saturated heterocycles. The normalized spacial score (nSPS) is 19.4. The number of nitro groups is 1. The van der Waals surface area contributed by atoms with E-state index in [9.17, 15) is 14.9 Å². The van der Waals surface area contributed by atoms with Crippen molar-refractivity contribution in [1.29, 1.82) is 0 Å². The van der Waals surface area contributed by atoms with E-state index in [4.69, 9.17) is 4.74 Å². The van der Waals surface area contributed by atoms with Crippen LogP contribution in [0.5, 0.6) is 0 Å². The van der Waals surface area contributed by atoms with Gasteiger partial charge in [-0.25, -0.2) is 19.9 Å². The maximum atomic E-state index is 12.3. The van der Waals surface area contributed by atoms with Crippen LogP contribution in [-0.4, -0.2) is 37.8 Å². The van der Waals surface area contributed by atoms with Gasteiger partial charge in [0, 0.05) is 6.54 Å². The molecule has 116 valence electrons. The summed E-state index contributed by atoms with van der Waals surface area (Å²) in [6, 6.07) is -0.422. The van der Waals surface area contributed by atoms with Gasteiger partial charge in [0.05, 0.1) is 18.4 Å². The minimum Gasteiger partial charge on any atom is -0.444 e. The van der Waals surface area contributed by atoms with Crippen molar-refractivity contribution in [2.75, 3.05) is 6.54 Å². The molecule has 1 aromatic rings. The Hall–Kier alpha value is -2.12. The lowest BCUT2D eigenvalue weighted by Crippen LogP contribution is -2.43. The summed E-state index contributed by atoms with van der Waals surface area (Å²) in [6.45, 7) is 5.90. The molecule has 0 aliphatic carbocycles. The predicted molar refractivity (Wildman–Crippen MR) is 74.2 cm³/mol. The fraction of sp³-hybridized carbons (Fsp3) is 0.692. The third-order valence-electron chi connectivity index (χ3n) is 3.25. The van der Waals surface area contributed by atoms with Gasteiger partial charge in [-0.1, -0.05) is 4.68 Å². The summed E-state index contributed by atoms with van der Waals surface area (Å²) < 4.78 is 6.25. The fourth-order valence-corrected chi connectivity index (χ4v) is 2.42. The monoisotopic (exact) mass is 296 g/mol. The number of nitrogens with zero attached hydrogens (tertiary/aromatic N) is 4. The smallest absolute Gasteiger partial charge is 0.410 e. The maximum Gasteiger partial charge on any atom is 0.410 e. The molecule has 0 N–H and O–H groups in total. The molecule has 2 rings (SSSR count). The van der Waals surface area contributed by atoms with Gasteiger partial charge in [-0.15, -0.1) is 0 Å². The molecule has 1 aliphatic heterocycles. The van der Waals surface area contributed by atoms with Gasteiger partial charge in [0.1, 0.15) is 5.60 Å². The largest absolute Gasteiger partial charge is 0.444 e. The molecule has 21 heavy (non-hydrogen) atoms. The zero-order valence-corrected chi connectivity index (χ0v) is 12.5. The molecule has 1 fully saturated rings. The molecule has 1 aliphatic rings. The number of aromatic nitrogens is 2. The first-order chi connectivity index (χ1) is 9.79. The van der Waals surface area contributed by atoms with Crippen LogP contribution in [-0.2, 0) is 4.74 Å². The number of ether oxygens (including phenoxy) is 1. The Kier molecular flexibility index (Phi) is 4.15. The van der Waals surface area contributed by atoms with Crippen LogP contribution in [0.3, 0.4) is 0 Å². The molecule has 0 saturated carbocycles. The van der Waals surface area contributed by atoms with Crippen LogP contribution in [0.1, 0.15) is 51.9 Å². The SMILES string of the molecule is CC(C)(C)OC(=O)N1CCCCC1c1nccn1[N+](=O)[O-]. The second-order valence-corrected chi connectivity index (χ2v) is 6.05. The first-order valence-corrected chi connectivity index (χ1v) is 6.97. The zero-order chi connectivity index (χ0) is 15.6. The summed E-state index contributed by atoms with van der Waals surface area (Å²) in [6.07, 6.45) is 4.61. The van der Waals surface area contributed by atoms with Crippen LogP contribution in [0.4, 0.5) is 4.79 Å². The number of hydrogen-bond donors (Lipinski definition) is 0. The van der Waals surface area contributed by atoms with E-state index >= 15 is 0 Å². The third kappa shape index (κ3) is 3.50. The number of carbonyl (C=O) groups excluding carboxylic acids is 1. The molecule has 0 bridgehead atoms. The highest BCUT2D eigenvalue weighted by Crippen LogP contribution is 2.31. The van der Waals surface area contributed by atoms with Crippen molar-refractivity contribution in [2.24, 2.45) is 0 Å². The summed E-state index contributed by atoms with van der Waals surface area (Å²) in [4.78, 5) is 28.9. The molecule has 8 heteroatoms. The van der Waals surface area contributed by atoms with E-state index in [1.54, 1.807) is 20.8 Å². The van der Waals surface area contributed by atoms with E-state index in [-0.39, 0.29) is 5.82 Å². The lowest BCUT2D eigenvalue weighted by atomic mass is 10.0. The lowest BCUT2D eigenvalue weighted by Gasteiger charge is -2.35. The lowest BCUT2D eigenvalue weighted by molar-refractivity contribution is -0.544.